The summed E-state index contributed by atoms with van der Waals surface area (Å²) in [5.41, 5.74) is 0.857. The van der Waals surface area contributed by atoms with Gasteiger partial charge in [-0.05, 0) is 13.0 Å². The molecule has 7 nitrogen and oxygen atoms in total. The van der Waals surface area contributed by atoms with Crippen molar-refractivity contribution in [2.75, 3.05) is 13.2 Å². The van der Waals surface area contributed by atoms with Crippen LogP contribution in [-0.4, -0.2) is 45.5 Å². The zero-order valence-corrected chi connectivity index (χ0v) is 10.4. The van der Waals surface area contributed by atoms with E-state index in [0.717, 1.165) is 5.56 Å². The first-order chi connectivity index (χ1) is 8.90. The molecule has 1 aromatic rings. The number of nitrogens with one attached hydrogen (secondary N) is 1. The molecule has 0 amide bonds. The largest absolute Gasteiger partial charge is 0.508 e. The lowest BCUT2D eigenvalue weighted by Gasteiger charge is -2.14. The highest BCUT2D eigenvalue weighted by molar-refractivity contribution is 6.27. The zero-order valence-electron chi connectivity index (χ0n) is 10.4. The Morgan fingerprint density at radius 3 is 2.16 bits per heavy atom. The van der Waals surface area contributed by atoms with Gasteiger partial charge >= 0.3 is 11.9 Å². The molecule has 0 heterocycles. The van der Waals surface area contributed by atoms with E-state index in [9.17, 15) is 5.11 Å². The lowest BCUT2D eigenvalue weighted by atomic mass is 10.1. The number of carboxylic acids is 2. The Morgan fingerprint density at radius 2 is 1.74 bits per heavy atom. The predicted octanol–water partition coefficient (Wildman–Crippen LogP) is 0.191. The number of hydrogen-bond acceptors (Lipinski definition) is 5. The number of rotatable bonds is 4. The SMILES string of the molecule is CC(NCCO)c1ccccc1O.O=C(O)C(=O)O. The van der Waals surface area contributed by atoms with Gasteiger partial charge in [0.25, 0.3) is 0 Å². The summed E-state index contributed by atoms with van der Waals surface area (Å²) in [5.74, 6) is -3.36. The molecular weight excluding hydrogens is 254 g/mol. The summed E-state index contributed by atoms with van der Waals surface area (Å²) >= 11 is 0. The highest BCUT2D eigenvalue weighted by atomic mass is 16.4. The molecule has 19 heavy (non-hydrogen) atoms. The molecule has 7 heteroatoms. The van der Waals surface area contributed by atoms with Crippen LogP contribution in [0.4, 0.5) is 0 Å². The number of para-hydroxylation sites is 1. The minimum absolute atomic E-state index is 0.0633. The van der Waals surface area contributed by atoms with Crippen LogP contribution in [0, 0.1) is 0 Å². The number of aliphatic hydroxyl groups is 1. The van der Waals surface area contributed by atoms with Gasteiger partial charge in [-0.1, -0.05) is 18.2 Å². The van der Waals surface area contributed by atoms with Gasteiger partial charge in [-0.2, -0.15) is 0 Å². The van der Waals surface area contributed by atoms with Crippen LogP contribution >= 0.6 is 0 Å². The maximum absolute atomic E-state index is 9.48. The average molecular weight is 271 g/mol. The quantitative estimate of drug-likeness (QED) is 0.495. The molecule has 0 spiro atoms. The van der Waals surface area contributed by atoms with Crippen molar-refractivity contribution in [2.45, 2.75) is 13.0 Å². The molecule has 0 fully saturated rings. The van der Waals surface area contributed by atoms with E-state index < -0.39 is 11.9 Å². The van der Waals surface area contributed by atoms with E-state index in [1.165, 1.54) is 0 Å². The highest BCUT2D eigenvalue weighted by Crippen LogP contribution is 2.22. The first kappa shape index (κ1) is 16.9. The maximum atomic E-state index is 9.48. The molecule has 5 N–H and O–H groups in total. The third-order valence-electron chi connectivity index (χ3n) is 2.15. The van der Waals surface area contributed by atoms with Gasteiger partial charge in [0, 0.05) is 18.2 Å². The summed E-state index contributed by atoms with van der Waals surface area (Å²) in [6, 6.07) is 7.26. The molecule has 0 aliphatic rings. The van der Waals surface area contributed by atoms with Gasteiger partial charge in [0.15, 0.2) is 0 Å². The fourth-order valence-corrected chi connectivity index (χ4v) is 1.24. The van der Waals surface area contributed by atoms with E-state index in [1.807, 2.05) is 19.1 Å². The number of aliphatic hydroxyl groups excluding tert-OH is 1. The molecule has 0 saturated heterocycles. The number of benzene rings is 1. The lowest BCUT2D eigenvalue weighted by molar-refractivity contribution is -0.159. The Labute approximate surface area is 110 Å². The van der Waals surface area contributed by atoms with Crippen LogP contribution in [0.5, 0.6) is 5.75 Å². The number of carboxylic acid groups (broad SMARTS) is 2. The fourth-order valence-electron chi connectivity index (χ4n) is 1.24. The summed E-state index contributed by atoms with van der Waals surface area (Å²) in [6.07, 6.45) is 0. The van der Waals surface area contributed by atoms with Gasteiger partial charge in [0.2, 0.25) is 0 Å². The standard InChI is InChI=1S/C10H15NO2.C2H2O4/c1-8(11-6-7-12)9-4-2-3-5-10(9)13;3-1(4)2(5)6/h2-5,8,11-13H,6-7H2,1H3;(H,3,4)(H,5,6). The van der Waals surface area contributed by atoms with Gasteiger partial charge in [0.05, 0.1) is 6.61 Å². The number of phenolic OH excluding ortho intramolecular Hbond substituents is 1. The highest BCUT2D eigenvalue weighted by Gasteiger charge is 2.07. The number of hydrogen-bond donors (Lipinski definition) is 5. The van der Waals surface area contributed by atoms with E-state index in [0.29, 0.717) is 12.3 Å². The molecule has 0 aliphatic heterocycles. The Bertz CT molecular complexity index is 408. The maximum Gasteiger partial charge on any atom is 0.414 e. The van der Waals surface area contributed by atoms with Crippen molar-refractivity contribution in [1.82, 2.24) is 5.32 Å². The second kappa shape index (κ2) is 8.90. The van der Waals surface area contributed by atoms with Crippen LogP contribution in [0.1, 0.15) is 18.5 Å². The van der Waals surface area contributed by atoms with E-state index in [1.54, 1.807) is 12.1 Å². The first-order valence-corrected chi connectivity index (χ1v) is 5.48. The molecule has 0 aromatic heterocycles. The first-order valence-electron chi connectivity index (χ1n) is 5.48. The summed E-state index contributed by atoms with van der Waals surface area (Å²) in [5, 5.41) is 35.9. The van der Waals surface area contributed by atoms with Crippen molar-refractivity contribution in [2.24, 2.45) is 0 Å². The van der Waals surface area contributed by atoms with Crippen LogP contribution < -0.4 is 5.32 Å². The van der Waals surface area contributed by atoms with Crippen molar-refractivity contribution < 1.29 is 30.0 Å². The summed E-state index contributed by atoms with van der Waals surface area (Å²) in [6.45, 7) is 2.60. The normalized spacial score (nSPS) is 11.1. The van der Waals surface area contributed by atoms with Gasteiger partial charge in [0.1, 0.15) is 5.75 Å². The number of aromatic hydroxyl groups is 1. The lowest BCUT2D eigenvalue weighted by Crippen LogP contribution is -2.22. The van der Waals surface area contributed by atoms with Crippen molar-refractivity contribution in [3.8, 4) is 5.75 Å². The Morgan fingerprint density at radius 1 is 1.21 bits per heavy atom. The average Bonchev–Trinajstić information content (AvgIpc) is 2.37. The molecule has 0 saturated carbocycles. The van der Waals surface area contributed by atoms with Gasteiger partial charge in [-0.25, -0.2) is 9.59 Å². The Kier molecular flexibility index (Phi) is 7.90. The Balaban J connectivity index is 0.000000459. The van der Waals surface area contributed by atoms with E-state index >= 15 is 0 Å². The molecule has 1 unspecified atom stereocenters. The predicted molar refractivity (Wildman–Crippen MR) is 66.9 cm³/mol. The molecule has 0 radical (unpaired) electrons. The van der Waals surface area contributed by atoms with Crippen LogP contribution in [0.3, 0.4) is 0 Å². The smallest absolute Gasteiger partial charge is 0.414 e. The minimum Gasteiger partial charge on any atom is -0.508 e. The zero-order chi connectivity index (χ0) is 14.8. The Hall–Kier alpha value is -2.12. The summed E-state index contributed by atoms with van der Waals surface area (Å²) in [7, 11) is 0. The van der Waals surface area contributed by atoms with Crippen LogP contribution in [0.25, 0.3) is 0 Å². The number of phenols is 1. The third-order valence-corrected chi connectivity index (χ3v) is 2.15. The molecule has 0 aliphatic carbocycles. The summed E-state index contributed by atoms with van der Waals surface area (Å²) < 4.78 is 0. The molecular formula is C12H17NO6. The molecule has 1 atom stereocenters. The third kappa shape index (κ3) is 7.02. The van der Waals surface area contributed by atoms with E-state index in [-0.39, 0.29) is 12.6 Å². The second-order valence-electron chi connectivity index (χ2n) is 3.57. The van der Waals surface area contributed by atoms with E-state index in [4.69, 9.17) is 24.9 Å². The molecule has 1 aromatic carbocycles. The molecule has 0 bridgehead atoms. The van der Waals surface area contributed by atoms with Gasteiger partial charge < -0.3 is 25.7 Å². The van der Waals surface area contributed by atoms with Crippen LogP contribution in [-0.2, 0) is 9.59 Å². The monoisotopic (exact) mass is 271 g/mol. The second-order valence-corrected chi connectivity index (χ2v) is 3.57. The number of carbonyl (C=O) groups is 2. The van der Waals surface area contributed by atoms with Crippen LogP contribution in [0.2, 0.25) is 0 Å². The van der Waals surface area contributed by atoms with Gasteiger partial charge in [-0.3, -0.25) is 0 Å². The van der Waals surface area contributed by atoms with E-state index in [2.05, 4.69) is 5.32 Å². The van der Waals surface area contributed by atoms with Crippen molar-refractivity contribution >= 4 is 11.9 Å². The number of aliphatic carboxylic acids is 2. The molecule has 106 valence electrons. The van der Waals surface area contributed by atoms with Gasteiger partial charge in [-0.15, -0.1) is 0 Å². The van der Waals surface area contributed by atoms with Crippen molar-refractivity contribution in [3.63, 3.8) is 0 Å². The van der Waals surface area contributed by atoms with Crippen molar-refractivity contribution in [3.05, 3.63) is 29.8 Å². The topological polar surface area (TPSA) is 127 Å². The minimum atomic E-state index is -1.82. The fraction of sp³-hybridized carbons (Fsp3) is 0.333. The summed E-state index contributed by atoms with van der Waals surface area (Å²) in [4.78, 5) is 18.2. The molecule has 1 rings (SSSR count). The van der Waals surface area contributed by atoms with Crippen molar-refractivity contribution in [1.29, 1.82) is 0 Å². The van der Waals surface area contributed by atoms with Crippen LogP contribution in [0.15, 0.2) is 24.3 Å².